The third-order valence-corrected chi connectivity index (χ3v) is 2.93. The smallest absolute Gasteiger partial charge is 0.330 e. The molecule has 2 N–H and O–H groups in total. The van der Waals surface area contributed by atoms with E-state index in [9.17, 15) is 14.7 Å². The third-order valence-electron chi connectivity index (χ3n) is 2.59. The lowest BCUT2D eigenvalue weighted by atomic mass is 10.1. The number of halogens is 1. The molecule has 0 fully saturated rings. The Bertz CT molecular complexity index is 653. The number of carboxylic acid groups (broad SMARTS) is 1. The van der Waals surface area contributed by atoms with Crippen LogP contribution in [-0.4, -0.2) is 22.1 Å². The summed E-state index contributed by atoms with van der Waals surface area (Å²) >= 11 is 5.95. The van der Waals surface area contributed by atoms with Crippen LogP contribution in [0.3, 0.4) is 0 Å². The van der Waals surface area contributed by atoms with Crippen molar-refractivity contribution in [3.8, 4) is 0 Å². The zero-order chi connectivity index (χ0) is 14.7. The molecule has 0 aliphatic rings. The molecule has 6 nitrogen and oxygen atoms in total. The number of aliphatic carboxylic acids is 1. The quantitative estimate of drug-likeness (QED) is 0.901. The number of carbonyl (C=O) groups is 2. The Balaban J connectivity index is 2.25. The molecule has 0 saturated heterocycles. The first-order chi connectivity index (χ1) is 9.49. The Hall–Kier alpha value is -2.34. The molecule has 0 unspecified atom stereocenters. The molecule has 0 aliphatic heterocycles. The van der Waals surface area contributed by atoms with Crippen molar-refractivity contribution in [2.24, 2.45) is 0 Å². The van der Waals surface area contributed by atoms with Gasteiger partial charge in [-0.3, -0.25) is 4.79 Å². The molecule has 0 bridgehead atoms. The van der Waals surface area contributed by atoms with E-state index in [4.69, 9.17) is 16.1 Å². The van der Waals surface area contributed by atoms with E-state index in [1.807, 2.05) is 0 Å². The summed E-state index contributed by atoms with van der Waals surface area (Å²) in [5.41, 5.74) is 0.825. The summed E-state index contributed by atoms with van der Waals surface area (Å²) in [5, 5.41) is 15.4. The van der Waals surface area contributed by atoms with E-state index in [2.05, 4.69) is 10.5 Å². The van der Waals surface area contributed by atoms with Gasteiger partial charge in [-0.25, -0.2) is 4.79 Å². The highest BCUT2D eigenvalue weighted by Gasteiger charge is 2.26. The number of carbonyl (C=O) groups excluding carboxylic acids is 1. The molecule has 104 valence electrons. The molecule has 1 aromatic carbocycles. The molecule has 1 heterocycles. The highest BCUT2D eigenvalue weighted by Crippen LogP contribution is 2.23. The van der Waals surface area contributed by atoms with Crippen molar-refractivity contribution in [3.05, 3.63) is 52.4 Å². The van der Waals surface area contributed by atoms with Crippen LogP contribution in [0, 0.1) is 6.92 Å². The fourth-order valence-corrected chi connectivity index (χ4v) is 1.90. The largest absolute Gasteiger partial charge is 0.479 e. The van der Waals surface area contributed by atoms with Crippen LogP contribution in [0.4, 0.5) is 0 Å². The predicted octanol–water partition coefficient (Wildman–Crippen LogP) is 2.19. The van der Waals surface area contributed by atoms with E-state index in [0.717, 1.165) is 0 Å². The van der Waals surface area contributed by atoms with Gasteiger partial charge in [0.15, 0.2) is 6.04 Å². The topological polar surface area (TPSA) is 92.4 Å². The number of carboxylic acids is 1. The molecule has 1 amide bonds. The second kappa shape index (κ2) is 5.75. The van der Waals surface area contributed by atoms with Gasteiger partial charge in [0, 0.05) is 16.7 Å². The van der Waals surface area contributed by atoms with E-state index in [0.29, 0.717) is 11.3 Å². The van der Waals surface area contributed by atoms with Crippen molar-refractivity contribution in [1.82, 2.24) is 10.5 Å². The zero-order valence-corrected chi connectivity index (χ0v) is 11.2. The Morgan fingerprint density at radius 1 is 1.40 bits per heavy atom. The summed E-state index contributed by atoms with van der Waals surface area (Å²) in [7, 11) is 0. The first kappa shape index (κ1) is 14.1. The lowest BCUT2D eigenvalue weighted by molar-refractivity contribution is -0.139. The van der Waals surface area contributed by atoms with Gasteiger partial charge in [-0.2, -0.15) is 0 Å². The van der Waals surface area contributed by atoms with Crippen molar-refractivity contribution >= 4 is 23.5 Å². The molecule has 2 aromatic rings. The molecule has 1 aromatic heterocycles. The summed E-state index contributed by atoms with van der Waals surface area (Å²) in [6, 6.07) is 6.56. The highest BCUT2D eigenvalue weighted by atomic mass is 35.5. The minimum Gasteiger partial charge on any atom is -0.479 e. The SMILES string of the molecule is Cc1cc(C(=O)N[C@@H](C(=O)O)c2ccccc2Cl)on1. The van der Waals surface area contributed by atoms with Crippen LogP contribution in [0.25, 0.3) is 0 Å². The molecule has 2 rings (SSSR count). The number of aryl methyl sites for hydroxylation is 1. The van der Waals surface area contributed by atoms with E-state index in [1.54, 1.807) is 25.1 Å². The Labute approximate surface area is 119 Å². The molecule has 0 spiro atoms. The van der Waals surface area contributed by atoms with Crippen molar-refractivity contribution in [2.45, 2.75) is 13.0 Å². The third kappa shape index (κ3) is 2.97. The fraction of sp³-hybridized carbons (Fsp3) is 0.154. The lowest BCUT2D eigenvalue weighted by Crippen LogP contribution is -2.33. The number of hydrogen-bond acceptors (Lipinski definition) is 4. The Morgan fingerprint density at radius 2 is 2.10 bits per heavy atom. The maximum Gasteiger partial charge on any atom is 0.330 e. The van der Waals surface area contributed by atoms with E-state index in [-0.39, 0.29) is 10.8 Å². The number of rotatable bonds is 4. The summed E-state index contributed by atoms with van der Waals surface area (Å²) in [6.45, 7) is 1.66. The van der Waals surface area contributed by atoms with Gasteiger partial charge in [0.1, 0.15) is 0 Å². The van der Waals surface area contributed by atoms with Gasteiger partial charge in [-0.1, -0.05) is 35.0 Å². The molecular weight excluding hydrogens is 284 g/mol. The van der Waals surface area contributed by atoms with Crippen LogP contribution in [0.5, 0.6) is 0 Å². The van der Waals surface area contributed by atoms with Crippen LogP contribution >= 0.6 is 11.6 Å². The first-order valence-corrected chi connectivity index (χ1v) is 6.08. The molecule has 1 atom stereocenters. The summed E-state index contributed by atoms with van der Waals surface area (Å²) in [6.07, 6.45) is 0. The minimum atomic E-state index is -1.26. The predicted molar refractivity (Wildman–Crippen MR) is 70.5 cm³/mol. The van der Waals surface area contributed by atoms with Crippen molar-refractivity contribution in [2.75, 3.05) is 0 Å². The Kier molecular flexibility index (Phi) is 4.05. The summed E-state index contributed by atoms with van der Waals surface area (Å²) < 4.78 is 4.78. The molecular formula is C13H11ClN2O4. The van der Waals surface area contributed by atoms with Gasteiger partial charge in [0.25, 0.3) is 5.91 Å². The first-order valence-electron chi connectivity index (χ1n) is 5.70. The normalized spacial score (nSPS) is 11.9. The summed E-state index contributed by atoms with van der Waals surface area (Å²) in [5.74, 6) is -1.94. The van der Waals surface area contributed by atoms with Gasteiger partial charge in [-0.15, -0.1) is 0 Å². The number of nitrogens with zero attached hydrogens (tertiary/aromatic N) is 1. The maximum atomic E-state index is 11.9. The van der Waals surface area contributed by atoms with E-state index in [1.165, 1.54) is 12.1 Å². The van der Waals surface area contributed by atoms with Crippen LogP contribution in [0.15, 0.2) is 34.9 Å². The number of aromatic nitrogens is 1. The van der Waals surface area contributed by atoms with Crippen molar-refractivity contribution < 1.29 is 19.2 Å². The maximum absolute atomic E-state index is 11.9. The lowest BCUT2D eigenvalue weighted by Gasteiger charge is -2.15. The van der Waals surface area contributed by atoms with Gasteiger partial charge in [0.2, 0.25) is 5.76 Å². The highest BCUT2D eigenvalue weighted by molar-refractivity contribution is 6.31. The number of benzene rings is 1. The Morgan fingerprint density at radius 3 is 2.65 bits per heavy atom. The minimum absolute atomic E-state index is 0.0548. The monoisotopic (exact) mass is 294 g/mol. The van der Waals surface area contributed by atoms with Gasteiger partial charge in [0.05, 0.1) is 5.69 Å². The molecule has 0 aliphatic carbocycles. The van der Waals surface area contributed by atoms with Crippen molar-refractivity contribution in [3.63, 3.8) is 0 Å². The molecule has 0 radical (unpaired) electrons. The molecule has 20 heavy (non-hydrogen) atoms. The van der Waals surface area contributed by atoms with Gasteiger partial charge < -0.3 is 14.9 Å². The van der Waals surface area contributed by atoms with Crippen LogP contribution < -0.4 is 5.32 Å². The average molecular weight is 295 g/mol. The zero-order valence-electron chi connectivity index (χ0n) is 10.5. The van der Waals surface area contributed by atoms with E-state index < -0.39 is 17.9 Å². The summed E-state index contributed by atoms with van der Waals surface area (Å²) in [4.78, 5) is 23.2. The number of nitrogens with one attached hydrogen (secondary N) is 1. The van der Waals surface area contributed by atoms with E-state index >= 15 is 0 Å². The van der Waals surface area contributed by atoms with Gasteiger partial charge >= 0.3 is 5.97 Å². The molecule has 7 heteroatoms. The number of amides is 1. The molecule has 0 saturated carbocycles. The average Bonchev–Trinajstić information content (AvgIpc) is 2.83. The van der Waals surface area contributed by atoms with Crippen LogP contribution in [-0.2, 0) is 4.79 Å². The second-order valence-electron chi connectivity index (χ2n) is 4.10. The standard InChI is InChI=1S/C13H11ClN2O4/c1-7-6-10(20-16-7)12(17)15-11(13(18)19)8-4-2-3-5-9(8)14/h2-6,11H,1H3,(H,15,17)(H,18,19)/t11-/m1/s1. The van der Waals surface area contributed by atoms with Gasteiger partial charge in [-0.05, 0) is 13.0 Å². The second-order valence-corrected chi connectivity index (χ2v) is 4.51. The van der Waals surface area contributed by atoms with Crippen LogP contribution in [0.2, 0.25) is 5.02 Å². The fourth-order valence-electron chi connectivity index (χ4n) is 1.65. The number of hydrogen-bond donors (Lipinski definition) is 2. The van der Waals surface area contributed by atoms with Crippen molar-refractivity contribution in [1.29, 1.82) is 0 Å². The van der Waals surface area contributed by atoms with Crippen LogP contribution in [0.1, 0.15) is 27.9 Å².